The number of carbonyl (C=O) groups excluding carboxylic acids is 1. The number of likely N-dealkylation sites (tertiary alicyclic amines) is 1. The van der Waals surface area contributed by atoms with E-state index in [4.69, 9.17) is 9.47 Å². The van der Waals surface area contributed by atoms with Crippen molar-refractivity contribution in [1.82, 2.24) is 4.90 Å². The Morgan fingerprint density at radius 3 is 2.50 bits per heavy atom. The number of aliphatic hydroxyl groups excluding tert-OH is 1. The lowest BCUT2D eigenvalue weighted by atomic mass is 10.1. The molecule has 1 fully saturated rings. The summed E-state index contributed by atoms with van der Waals surface area (Å²) in [6, 6.07) is 0. The molecular formula is C11H21NO4. The number of rotatable bonds is 1. The highest BCUT2D eigenvalue weighted by Crippen LogP contribution is 2.17. The third-order valence-corrected chi connectivity index (χ3v) is 2.47. The number of aliphatic hydroxyl groups is 1. The summed E-state index contributed by atoms with van der Waals surface area (Å²) in [6.45, 7) is 6.30. The standard InChI is InChI=1S/C11H21NO4/c1-11(2,3)16-10(14)12-6-5-9(15-4)8(13)7-12/h8-9,13H,5-7H2,1-4H3/t8-,9+/m1/s1. The van der Waals surface area contributed by atoms with E-state index in [1.807, 2.05) is 20.8 Å². The van der Waals surface area contributed by atoms with E-state index in [2.05, 4.69) is 0 Å². The molecule has 1 saturated heterocycles. The number of methoxy groups -OCH3 is 1. The van der Waals surface area contributed by atoms with Gasteiger partial charge in [0.05, 0.1) is 18.8 Å². The smallest absolute Gasteiger partial charge is 0.410 e. The number of carbonyl (C=O) groups is 1. The van der Waals surface area contributed by atoms with Crippen molar-refractivity contribution in [1.29, 1.82) is 0 Å². The second-order valence-electron chi connectivity index (χ2n) is 5.06. The minimum Gasteiger partial charge on any atom is -0.444 e. The van der Waals surface area contributed by atoms with E-state index in [1.165, 1.54) is 4.90 Å². The van der Waals surface area contributed by atoms with Crippen LogP contribution in [0.3, 0.4) is 0 Å². The number of ether oxygens (including phenoxy) is 2. The van der Waals surface area contributed by atoms with Gasteiger partial charge in [0, 0.05) is 13.7 Å². The molecule has 0 aromatic heterocycles. The summed E-state index contributed by atoms with van der Waals surface area (Å²) < 4.78 is 10.3. The largest absolute Gasteiger partial charge is 0.444 e. The number of piperidine rings is 1. The molecule has 5 heteroatoms. The first kappa shape index (κ1) is 13.3. The van der Waals surface area contributed by atoms with Crippen LogP contribution in [0.5, 0.6) is 0 Å². The topological polar surface area (TPSA) is 59.0 Å². The van der Waals surface area contributed by atoms with Crippen molar-refractivity contribution in [2.75, 3.05) is 20.2 Å². The summed E-state index contributed by atoms with van der Waals surface area (Å²) in [5, 5.41) is 9.71. The summed E-state index contributed by atoms with van der Waals surface area (Å²) in [4.78, 5) is 13.2. The predicted molar refractivity (Wildman–Crippen MR) is 59.2 cm³/mol. The van der Waals surface area contributed by atoms with Crippen LogP contribution in [-0.2, 0) is 9.47 Å². The predicted octanol–water partition coefficient (Wildman–Crippen LogP) is 1.00. The van der Waals surface area contributed by atoms with Crippen LogP contribution in [0.2, 0.25) is 0 Å². The Morgan fingerprint density at radius 2 is 2.06 bits per heavy atom. The highest BCUT2D eigenvalue weighted by molar-refractivity contribution is 5.68. The Morgan fingerprint density at radius 1 is 1.44 bits per heavy atom. The van der Waals surface area contributed by atoms with Crippen LogP contribution in [0.15, 0.2) is 0 Å². The van der Waals surface area contributed by atoms with Crippen molar-refractivity contribution < 1.29 is 19.4 Å². The molecular weight excluding hydrogens is 210 g/mol. The minimum absolute atomic E-state index is 0.182. The van der Waals surface area contributed by atoms with E-state index in [1.54, 1.807) is 7.11 Å². The lowest BCUT2D eigenvalue weighted by Gasteiger charge is -2.35. The molecule has 0 aromatic rings. The van der Waals surface area contributed by atoms with Gasteiger partial charge in [-0.3, -0.25) is 0 Å². The Labute approximate surface area is 96.3 Å². The molecule has 1 aliphatic heterocycles. The zero-order valence-electron chi connectivity index (χ0n) is 10.4. The molecule has 0 aromatic carbocycles. The summed E-state index contributed by atoms with van der Waals surface area (Å²) in [7, 11) is 1.57. The highest BCUT2D eigenvalue weighted by atomic mass is 16.6. The van der Waals surface area contributed by atoms with Crippen LogP contribution in [0, 0.1) is 0 Å². The van der Waals surface area contributed by atoms with E-state index < -0.39 is 11.7 Å². The maximum atomic E-state index is 11.7. The van der Waals surface area contributed by atoms with Crippen molar-refractivity contribution in [2.45, 2.75) is 45.0 Å². The maximum Gasteiger partial charge on any atom is 0.410 e. The van der Waals surface area contributed by atoms with Crippen molar-refractivity contribution in [3.63, 3.8) is 0 Å². The van der Waals surface area contributed by atoms with E-state index in [-0.39, 0.29) is 18.7 Å². The first-order valence-electron chi connectivity index (χ1n) is 5.52. The van der Waals surface area contributed by atoms with Gasteiger partial charge in [-0.05, 0) is 27.2 Å². The zero-order chi connectivity index (χ0) is 12.3. The average molecular weight is 231 g/mol. The highest BCUT2D eigenvalue weighted by Gasteiger charge is 2.32. The van der Waals surface area contributed by atoms with Crippen LogP contribution in [0.25, 0.3) is 0 Å². The first-order valence-corrected chi connectivity index (χ1v) is 5.52. The van der Waals surface area contributed by atoms with Gasteiger partial charge in [0.25, 0.3) is 0 Å². The van der Waals surface area contributed by atoms with Crippen LogP contribution in [-0.4, -0.2) is 54.1 Å². The monoisotopic (exact) mass is 231 g/mol. The number of β-amino-alcohol motifs (C(OH)–C–C–N with tert-alkyl or cyclic N) is 1. The fraction of sp³-hybridized carbons (Fsp3) is 0.909. The molecule has 16 heavy (non-hydrogen) atoms. The molecule has 1 N–H and O–H groups in total. The molecule has 5 nitrogen and oxygen atoms in total. The number of nitrogens with zero attached hydrogens (tertiary/aromatic N) is 1. The molecule has 1 amide bonds. The molecule has 0 saturated carbocycles. The summed E-state index contributed by atoms with van der Waals surface area (Å²) in [5.41, 5.74) is -0.500. The Hall–Kier alpha value is -0.810. The van der Waals surface area contributed by atoms with Crippen LogP contribution < -0.4 is 0 Å². The SMILES string of the molecule is CO[C@H]1CCN(C(=O)OC(C)(C)C)C[C@H]1O. The van der Waals surface area contributed by atoms with Gasteiger partial charge in [-0.1, -0.05) is 0 Å². The van der Waals surface area contributed by atoms with Crippen molar-refractivity contribution in [3.05, 3.63) is 0 Å². The number of amides is 1. The number of hydrogen-bond donors (Lipinski definition) is 1. The zero-order valence-corrected chi connectivity index (χ0v) is 10.4. The van der Waals surface area contributed by atoms with E-state index in [9.17, 15) is 9.90 Å². The van der Waals surface area contributed by atoms with Crippen molar-refractivity contribution in [3.8, 4) is 0 Å². The molecule has 1 aliphatic rings. The molecule has 0 bridgehead atoms. The van der Waals surface area contributed by atoms with E-state index in [0.717, 1.165) is 0 Å². The third-order valence-electron chi connectivity index (χ3n) is 2.47. The summed E-state index contributed by atoms with van der Waals surface area (Å²) >= 11 is 0. The van der Waals surface area contributed by atoms with E-state index in [0.29, 0.717) is 13.0 Å². The summed E-state index contributed by atoms with van der Waals surface area (Å²) in [5.74, 6) is 0. The van der Waals surface area contributed by atoms with Crippen LogP contribution in [0.1, 0.15) is 27.2 Å². The second-order valence-corrected chi connectivity index (χ2v) is 5.06. The quantitative estimate of drug-likeness (QED) is 0.731. The Bertz CT molecular complexity index is 249. The Kier molecular flexibility index (Phi) is 4.15. The lowest BCUT2D eigenvalue weighted by Crippen LogP contribution is -2.50. The molecule has 0 radical (unpaired) electrons. The molecule has 1 heterocycles. The van der Waals surface area contributed by atoms with Gasteiger partial charge in [0.1, 0.15) is 5.60 Å². The molecule has 1 rings (SSSR count). The Balaban J connectivity index is 2.48. The van der Waals surface area contributed by atoms with Crippen molar-refractivity contribution in [2.24, 2.45) is 0 Å². The molecule has 0 unspecified atom stereocenters. The van der Waals surface area contributed by atoms with Crippen LogP contribution in [0.4, 0.5) is 4.79 Å². The summed E-state index contributed by atoms with van der Waals surface area (Å²) in [6.07, 6.45) is -0.553. The normalized spacial score (nSPS) is 26.7. The fourth-order valence-electron chi connectivity index (χ4n) is 1.68. The van der Waals surface area contributed by atoms with Gasteiger partial charge in [0.15, 0.2) is 0 Å². The van der Waals surface area contributed by atoms with Gasteiger partial charge in [-0.25, -0.2) is 4.79 Å². The van der Waals surface area contributed by atoms with Gasteiger partial charge in [0.2, 0.25) is 0 Å². The molecule has 0 spiro atoms. The van der Waals surface area contributed by atoms with Crippen molar-refractivity contribution >= 4 is 6.09 Å². The second kappa shape index (κ2) is 5.01. The van der Waals surface area contributed by atoms with Gasteiger partial charge in [-0.2, -0.15) is 0 Å². The van der Waals surface area contributed by atoms with Gasteiger partial charge >= 0.3 is 6.09 Å². The van der Waals surface area contributed by atoms with Gasteiger partial charge < -0.3 is 19.5 Å². The fourth-order valence-corrected chi connectivity index (χ4v) is 1.68. The van der Waals surface area contributed by atoms with Crippen LogP contribution >= 0.6 is 0 Å². The maximum absolute atomic E-state index is 11.7. The molecule has 2 atom stereocenters. The minimum atomic E-state index is -0.633. The van der Waals surface area contributed by atoms with E-state index >= 15 is 0 Å². The first-order chi connectivity index (χ1) is 7.33. The lowest BCUT2D eigenvalue weighted by molar-refractivity contribution is -0.0639. The van der Waals surface area contributed by atoms with Gasteiger partial charge in [-0.15, -0.1) is 0 Å². The molecule has 94 valence electrons. The third kappa shape index (κ3) is 3.64. The number of hydrogen-bond acceptors (Lipinski definition) is 4. The average Bonchev–Trinajstić information content (AvgIpc) is 2.15. The molecule has 0 aliphatic carbocycles.